The van der Waals surface area contributed by atoms with Gasteiger partial charge in [-0.3, -0.25) is 9.98 Å². The average molecular weight is 373 g/mol. The fraction of sp³-hybridized carbons (Fsp3) is 0.500. The van der Waals surface area contributed by atoms with Gasteiger partial charge in [-0.15, -0.1) is 0 Å². The number of fused-ring (bicyclic) bond motifs is 1. The van der Waals surface area contributed by atoms with Crippen LogP contribution < -0.4 is 21.3 Å². The van der Waals surface area contributed by atoms with Gasteiger partial charge in [0.2, 0.25) is 0 Å². The quantitative estimate of drug-likeness (QED) is 0.482. The van der Waals surface area contributed by atoms with E-state index in [2.05, 4.69) is 33.6 Å². The summed E-state index contributed by atoms with van der Waals surface area (Å²) >= 11 is 0. The lowest BCUT2D eigenvalue weighted by atomic mass is 10.1. The van der Waals surface area contributed by atoms with E-state index < -0.39 is 0 Å². The molecule has 0 radical (unpaired) electrons. The molecule has 0 saturated carbocycles. The van der Waals surface area contributed by atoms with Crippen molar-refractivity contribution >= 4 is 29.1 Å². The third-order valence-electron chi connectivity index (χ3n) is 4.54. The van der Waals surface area contributed by atoms with Gasteiger partial charge in [0.25, 0.3) is 0 Å². The number of nitrogen functional groups attached to an aromatic ring is 1. The zero-order valence-corrected chi connectivity index (χ0v) is 16.6. The van der Waals surface area contributed by atoms with Crippen LogP contribution in [0.25, 0.3) is 0 Å². The number of benzene rings is 1. The van der Waals surface area contributed by atoms with Crippen molar-refractivity contribution in [2.75, 3.05) is 49.2 Å². The SMILES string of the molecule is C/C=C(/C)N=CCO.CN1CC(=NC2CCNCC2)Nc2cc(N)ccc21. The molecule has 3 rings (SSSR count). The molecule has 27 heavy (non-hydrogen) atoms. The van der Waals surface area contributed by atoms with Gasteiger partial charge in [0.15, 0.2) is 0 Å². The number of amidine groups is 1. The molecule has 0 spiro atoms. The third-order valence-corrected chi connectivity index (χ3v) is 4.54. The van der Waals surface area contributed by atoms with E-state index in [1.54, 1.807) is 0 Å². The number of nitrogens with two attached hydrogens (primary N) is 1. The van der Waals surface area contributed by atoms with Crippen molar-refractivity contribution < 1.29 is 5.11 Å². The number of hydrogen-bond donors (Lipinski definition) is 4. The molecule has 0 unspecified atom stereocenters. The summed E-state index contributed by atoms with van der Waals surface area (Å²) in [5.74, 6) is 1.05. The van der Waals surface area contributed by atoms with Gasteiger partial charge in [0.1, 0.15) is 5.84 Å². The van der Waals surface area contributed by atoms with Crippen LogP contribution in [0.3, 0.4) is 0 Å². The van der Waals surface area contributed by atoms with E-state index >= 15 is 0 Å². The fourth-order valence-electron chi connectivity index (χ4n) is 2.98. The predicted molar refractivity (Wildman–Crippen MR) is 116 cm³/mol. The van der Waals surface area contributed by atoms with Gasteiger partial charge in [0.05, 0.1) is 30.6 Å². The van der Waals surface area contributed by atoms with Gasteiger partial charge in [-0.25, -0.2) is 0 Å². The maximum absolute atomic E-state index is 8.23. The van der Waals surface area contributed by atoms with Gasteiger partial charge in [-0.1, -0.05) is 6.08 Å². The molecular formula is C20H32N6O. The number of aliphatic hydroxyl groups excluding tert-OH is 1. The maximum Gasteiger partial charge on any atom is 0.121 e. The molecule has 0 amide bonds. The van der Waals surface area contributed by atoms with Crippen molar-refractivity contribution in [1.29, 1.82) is 0 Å². The van der Waals surface area contributed by atoms with Gasteiger partial charge in [-0.05, 0) is 58.0 Å². The highest BCUT2D eigenvalue weighted by molar-refractivity contribution is 6.05. The number of nitrogens with zero attached hydrogens (tertiary/aromatic N) is 3. The van der Waals surface area contributed by atoms with Crippen LogP contribution in [0.15, 0.2) is 40.0 Å². The fourth-order valence-corrected chi connectivity index (χ4v) is 2.98. The number of piperidine rings is 1. The molecule has 1 aromatic carbocycles. The van der Waals surface area contributed by atoms with Gasteiger partial charge in [-0.2, -0.15) is 0 Å². The smallest absolute Gasteiger partial charge is 0.121 e. The Morgan fingerprint density at radius 1 is 1.37 bits per heavy atom. The van der Waals surface area contributed by atoms with E-state index in [1.165, 1.54) is 11.9 Å². The van der Waals surface area contributed by atoms with Crippen molar-refractivity contribution in [2.45, 2.75) is 32.7 Å². The summed E-state index contributed by atoms with van der Waals surface area (Å²) in [7, 11) is 2.09. The minimum Gasteiger partial charge on any atom is -0.399 e. The Bertz CT molecular complexity index is 692. The lowest BCUT2D eigenvalue weighted by Crippen LogP contribution is -2.38. The molecule has 7 heteroatoms. The van der Waals surface area contributed by atoms with Crippen LogP contribution in [0, 0.1) is 0 Å². The van der Waals surface area contributed by atoms with Crippen LogP contribution in [-0.2, 0) is 0 Å². The lowest BCUT2D eigenvalue weighted by Gasteiger charge is -2.31. The third kappa shape index (κ3) is 6.69. The predicted octanol–water partition coefficient (Wildman–Crippen LogP) is 2.25. The Morgan fingerprint density at radius 3 is 2.78 bits per heavy atom. The summed E-state index contributed by atoms with van der Waals surface area (Å²) in [4.78, 5) is 10.9. The first-order chi connectivity index (χ1) is 13.0. The van der Waals surface area contributed by atoms with E-state index in [1.807, 2.05) is 32.1 Å². The normalized spacial score (nSPS) is 19.5. The van der Waals surface area contributed by atoms with Crippen LogP contribution in [-0.4, -0.2) is 56.5 Å². The minimum atomic E-state index is 0.0190. The molecule has 0 bridgehead atoms. The van der Waals surface area contributed by atoms with Crippen molar-refractivity contribution in [3.8, 4) is 0 Å². The Kier molecular flexibility index (Phi) is 8.29. The molecule has 2 aliphatic rings. The van der Waals surface area contributed by atoms with Crippen LogP contribution in [0.1, 0.15) is 26.7 Å². The summed E-state index contributed by atoms with van der Waals surface area (Å²) in [5, 5.41) is 15.0. The van der Waals surface area contributed by atoms with Gasteiger partial charge in [0, 0.05) is 24.6 Å². The highest BCUT2D eigenvalue weighted by atomic mass is 16.2. The van der Waals surface area contributed by atoms with E-state index in [4.69, 9.17) is 15.8 Å². The molecule has 148 valence electrons. The zero-order chi connectivity index (χ0) is 19.6. The van der Waals surface area contributed by atoms with Crippen molar-refractivity contribution in [1.82, 2.24) is 5.32 Å². The second kappa shape index (κ2) is 10.7. The minimum absolute atomic E-state index is 0.0190. The second-order valence-corrected chi connectivity index (χ2v) is 6.74. The van der Waals surface area contributed by atoms with Crippen LogP contribution >= 0.6 is 0 Å². The van der Waals surface area contributed by atoms with E-state index in [0.717, 1.165) is 55.4 Å². The summed E-state index contributed by atoms with van der Waals surface area (Å²) in [6.45, 7) is 6.78. The molecule has 2 aliphatic heterocycles. The Hall–Kier alpha value is -2.38. The lowest BCUT2D eigenvalue weighted by molar-refractivity contribution is 0.361. The first-order valence-electron chi connectivity index (χ1n) is 9.45. The summed E-state index contributed by atoms with van der Waals surface area (Å²) < 4.78 is 0. The molecule has 5 N–H and O–H groups in total. The highest BCUT2D eigenvalue weighted by Gasteiger charge is 2.20. The maximum atomic E-state index is 8.23. The van der Waals surface area contributed by atoms with Crippen LogP contribution in [0.2, 0.25) is 0 Å². The molecule has 1 aromatic rings. The molecule has 1 fully saturated rings. The molecule has 0 aromatic heterocycles. The van der Waals surface area contributed by atoms with Crippen LogP contribution in [0.4, 0.5) is 17.1 Å². The first kappa shape index (κ1) is 20.9. The number of aliphatic imine (C=N–C) groups is 2. The topological polar surface area (TPSA) is 98.3 Å². The van der Waals surface area contributed by atoms with Gasteiger partial charge >= 0.3 is 0 Å². The molecular weight excluding hydrogens is 340 g/mol. The van der Waals surface area contributed by atoms with E-state index in [9.17, 15) is 0 Å². The van der Waals surface area contributed by atoms with Crippen molar-refractivity contribution in [2.24, 2.45) is 9.98 Å². The molecule has 0 aliphatic carbocycles. The van der Waals surface area contributed by atoms with E-state index in [-0.39, 0.29) is 6.61 Å². The number of nitrogens with one attached hydrogen (secondary N) is 2. The number of likely N-dealkylation sites (N-methyl/N-ethyl adjacent to an activating group) is 1. The number of aliphatic hydroxyl groups is 1. The summed E-state index contributed by atoms with van der Waals surface area (Å²) in [6, 6.07) is 6.41. The highest BCUT2D eigenvalue weighted by Crippen LogP contribution is 2.30. The number of rotatable bonds is 3. The number of anilines is 3. The molecule has 2 heterocycles. The van der Waals surface area contributed by atoms with Crippen molar-refractivity contribution in [3.63, 3.8) is 0 Å². The Balaban J connectivity index is 0.000000279. The van der Waals surface area contributed by atoms with Crippen LogP contribution in [0.5, 0.6) is 0 Å². The van der Waals surface area contributed by atoms with Crippen molar-refractivity contribution in [3.05, 3.63) is 30.0 Å². The standard InChI is InChI=1S/C14H21N5.C6H11NO/c1-19-9-14(17-11-4-6-16-7-5-11)18-12-8-10(15)2-3-13(12)19;1-3-6(2)7-4-5-8/h2-3,8,11,16H,4-7,9,15H2,1H3,(H,17,18);3-4,8H,5H2,1-2H3/b;6-3-,7-4?. The van der Waals surface area contributed by atoms with Gasteiger partial charge < -0.3 is 26.4 Å². The second-order valence-electron chi connectivity index (χ2n) is 6.74. The monoisotopic (exact) mass is 372 g/mol. The summed E-state index contributed by atoms with van der Waals surface area (Å²) in [5.41, 5.74) is 9.80. The Labute approximate surface area is 162 Å². The zero-order valence-electron chi connectivity index (χ0n) is 16.6. The average Bonchev–Trinajstić information content (AvgIpc) is 2.67. The summed E-state index contributed by atoms with van der Waals surface area (Å²) in [6.07, 6.45) is 5.60. The Morgan fingerprint density at radius 2 is 2.11 bits per heavy atom. The molecule has 1 saturated heterocycles. The number of hydrogen-bond acceptors (Lipinski definition) is 6. The van der Waals surface area contributed by atoms with E-state index in [0.29, 0.717) is 6.04 Å². The molecule has 7 nitrogen and oxygen atoms in total. The molecule has 0 atom stereocenters. The largest absolute Gasteiger partial charge is 0.399 e. The number of allylic oxidation sites excluding steroid dienone is 2. The first-order valence-corrected chi connectivity index (χ1v) is 9.45.